The zero-order chi connectivity index (χ0) is 22.0. The monoisotopic (exact) mass is 420 g/mol. The molecule has 30 heavy (non-hydrogen) atoms. The van der Waals surface area contributed by atoms with Gasteiger partial charge in [0, 0.05) is 0 Å². The van der Waals surface area contributed by atoms with Crippen LogP contribution in [0.5, 0.6) is 0 Å². The SMILES string of the molecule is Cc1ccc(C2=CC=CC3C2CC(C)C3[Si](C)(C)C2C(C)C(C)C(C)C2C)c(C)c1. The second-order valence-corrected chi connectivity index (χ2v) is 17.0. The van der Waals surface area contributed by atoms with Gasteiger partial charge in [0.1, 0.15) is 0 Å². The van der Waals surface area contributed by atoms with Gasteiger partial charge in [0.05, 0.1) is 8.07 Å². The average molecular weight is 421 g/mol. The van der Waals surface area contributed by atoms with E-state index >= 15 is 0 Å². The molecule has 0 saturated heterocycles. The number of aryl methyl sites for hydroxylation is 2. The molecule has 0 heterocycles. The minimum Gasteiger partial charge on any atom is -0.0808 e. The minimum absolute atomic E-state index is 0.713. The molecule has 0 N–H and O–H groups in total. The summed E-state index contributed by atoms with van der Waals surface area (Å²) in [6.07, 6.45) is 8.82. The van der Waals surface area contributed by atoms with Crippen molar-refractivity contribution in [1.29, 1.82) is 0 Å². The zero-order valence-corrected chi connectivity index (χ0v) is 21.9. The molecule has 2 fully saturated rings. The number of benzene rings is 1. The highest BCUT2D eigenvalue weighted by atomic mass is 28.3. The molecule has 4 rings (SSSR count). The Balaban J connectivity index is 1.68. The number of rotatable bonds is 3. The third kappa shape index (κ3) is 3.31. The van der Waals surface area contributed by atoms with Crippen molar-refractivity contribution in [2.24, 2.45) is 41.4 Å². The van der Waals surface area contributed by atoms with Gasteiger partial charge in [-0.3, -0.25) is 0 Å². The molecule has 1 aromatic rings. The number of hydrogen-bond donors (Lipinski definition) is 0. The Labute approximate surface area is 187 Å². The van der Waals surface area contributed by atoms with Crippen molar-refractivity contribution in [3.05, 3.63) is 53.1 Å². The second-order valence-electron chi connectivity index (χ2n) is 12.0. The predicted octanol–water partition coefficient (Wildman–Crippen LogP) is 8.54. The Kier molecular flexibility index (Phi) is 5.75. The first-order valence-electron chi connectivity index (χ1n) is 12.5. The lowest BCUT2D eigenvalue weighted by molar-refractivity contribution is 0.352. The third-order valence-electron chi connectivity index (χ3n) is 10.2. The van der Waals surface area contributed by atoms with Crippen LogP contribution in [0, 0.1) is 55.3 Å². The van der Waals surface area contributed by atoms with Gasteiger partial charge in [0.15, 0.2) is 0 Å². The molecule has 0 radical (unpaired) electrons. The van der Waals surface area contributed by atoms with Crippen LogP contribution in [0.15, 0.2) is 36.4 Å². The summed E-state index contributed by atoms with van der Waals surface area (Å²) < 4.78 is 0. The normalized spacial score (nSPS) is 41.1. The molecule has 0 aliphatic heterocycles. The molecule has 0 amide bonds. The Morgan fingerprint density at radius 3 is 2.07 bits per heavy atom. The van der Waals surface area contributed by atoms with Crippen LogP contribution in [0.3, 0.4) is 0 Å². The van der Waals surface area contributed by atoms with Gasteiger partial charge in [-0.15, -0.1) is 0 Å². The standard InChI is InChI=1S/C29H44Si/c1-17-13-14-24(18(2)15-17)25-11-10-12-26-27(25)16-19(3)28(26)30(8,9)29-22(6)20(4)21(5)23(29)7/h10-15,19-23,26-29H,16H2,1-9H3. The van der Waals surface area contributed by atoms with Crippen LogP contribution in [0.25, 0.3) is 5.57 Å². The Morgan fingerprint density at radius 2 is 1.47 bits per heavy atom. The summed E-state index contributed by atoms with van der Waals surface area (Å²) in [5.41, 5.74) is 7.80. The summed E-state index contributed by atoms with van der Waals surface area (Å²) in [5, 5.41) is 0. The van der Waals surface area contributed by atoms with Crippen molar-refractivity contribution in [1.82, 2.24) is 0 Å². The van der Waals surface area contributed by atoms with Gasteiger partial charge in [0.25, 0.3) is 0 Å². The molecule has 0 aromatic heterocycles. The summed E-state index contributed by atoms with van der Waals surface area (Å²) in [4.78, 5) is 0. The first-order chi connectivity index (χ1) is 14.1. The molecule has 3 aliphatic rings. The first-order valence-corrected chi connectivity index (χ1v) is 15.7. The molecule has 1 aromatic carbocycles. The van der Waals surface area contributed by atoms with Crippen LogP contribution in [0.4, 0.5) is 0 Å². The molecule has 3 aliphatic carbocycles. The zero-order valence-electron chi connectivity index (χ0n) is 20.9. The van der Waals surface area contributed by atoms with E-state index in [1.165, 1.54) is 23.1 Å². The largest absolute Gasteiger partial charge is 0.0808 e. The lowest BCUT2D eigenvalue weighted by Crippen LogP contribution is -2.45. The van der Waals surface area contributed by atoms with Crippen molar-refractivity contribution >= 4 is 13.6 Å². The molecule has 2 saturated carbocycles. The molecule has 0 bridgehead atoms. The molecule has 1 heteroatoms. The van der Waals surface area contributed by atoms with Crippen molar-refractivity contribution < 1.29 is 0 Å². The van der Waals surface area contributed by atoms with Crippen LogP contribution in [0.1, 0.15) is 57.7 Å². The minimum atomic E-state index is -1.45. The van der Waals surface area contributed by atoms with Crippen molar-refractivity contribution in [3.8, 4) is 0 Å². The summed E-state index contributed by atoms with van der Waals surface area (Å²) in [6, 6.07) is 7.05. The maximum absolute atomic E-state index is 2.77. The summed E-state index contributed by atoms with van der Waals surface area (Å²) in [7, 11) is -1.45. The fourth-order valence-electron chi connectivity index (χ4n) is 8.66. The Morgan fingerprint density at radius 1 is 0.833 bits per heavy atom. The van der Waals surface area contributed by atoms with Gasteiger partial charge in [-0.25, -0.2) is 0 Å². The maximum atomic E-state index is 2.77. The van der Waals surface area contributed by atoms with Crippen LogP contribution in [0.2, 0.25) is 24.2 Å². The second kappa shape index (κ2) is 7.80. The van der Waals surface area contributed by atoms with Gasteiger partial charge in [0.2, 0.25) is 0 Å². The van der Waals surface area contributed by atoms with E-state index in [2.05, 4.69) is 98.0 Å². The smallest absolute Gasteiger partial charge is 0.0550 e. The van der Waals surface area contributed by atoms with E-state index < -0.39 is 8.07 Å². The van der Waals surface area contributed by atoms with Crippen LogP contribution in [-0.4, -0.2) is 8.07 Å². The Hall–Kier alpha value is -1.08. The van der Waals surface area contributed by atoms with E-state index in [9.17, 15) is 0 Å². The molecule has 164 valence electrons. The van der Waals surface area contributed by atoms with Crippen molar-refractivity contribution in [2.45, 2.75) is 79.1 Å². The van der Waals surface area contributed by atoms with E-state index in [1.54, 1.807) is 5.57 Å². The molecule has 0 spiro atoms. The van der Waals surface area contributed by atoms with Crippen LogP contribution < -0.4 is 0 Å². The molecule has 8 unspecified atom stereocenters. The van der Waals surface area contributed by atoms with E-state index in [0.29, 0.717) is 5.92 Å². The topological polar surface area (TPSA) is 0 Å². The summed E-state index contributed by atoms with van der Waals surface area (Å²) >= 11 is 0. The third-order valence-corrected chi connectivity index (χ3v) is 15.6. The van der Waals surface area contributed by atoms with Crippen molar-refractivity contribution in [2.75, 3.05) is 0 Å². The lowest BCUT2D eigenvalue weighted by Gasteiger charge is -2.45. The van der Waals surface area contributed by atoms with Gasteiger partial charge in [-0.2, -0.15) is 0 Å². The highest BCUT2D eigenvalue weighted by Gasteiger charge is 2.57. The van der Waals surface area contributed by atoms with Gasteiger partial charge < -0.3 is 0 Å². The summed E-state index contributed by atoms with van der Waals surface area (Å²) in [5.74, 6) is 5.80. The summed E-state index contributed by atoms with van der Waals surface area (Å²) in [6.45, 7) is 22.8. The fourth-order valence-corrected chi connectivity index (χ4v) is 15.4. The molecular formula is C29H44Si. The van der Waals surface area contributed by atoms with Crippen molar-refractivity contribution in [3.63, 3.8) is 0 Å². The molecule has 0 nitrogen and oxygen atoms in total. The quantitative estimate of drug-likeness (QED) is 0.430. The molecule has 8 atom stereocenters. The van der Waals surface area contributed by atoms with Crippen LogP contribution >= 0.6 is 0 Å². The lowest BCUT2D eigenvalue weighted by atomic mass is 9.80. The number of allylic oxidation sites excluding steroid dienone is 4. The average Bonchev–Trinajstić information content (AvgIpc) is 3.11. The van der Waals surface area contributed by atoms with Gasteiger partial charge in [-0.1, -0.05) is 89.7 Å². The van der Waals surface area contributed by atoms with Gasteiger partial charge >= 0.3 is 0 Å². The Bertz CT molecular complexity index is 845. The van der Waals surface area contributed by atoms with Gasteiger partial charge in [-0.05, 0) is 89.5 Å². The first kappa shape index (κ1) is 22.1. The van der Waals surface area contributed by atoms with E-state index in [1.807, 2.05) is 0 Å². The fraction of sp³-hybridized carbons (Fsp3) is 0.655. The highest BCUT2D eigenvalue weighted by Crippen LogP contribution is 2.63. The van der Waals surface area contributed by atoms with Crippen LogP contribution in [-0.2, 0) is 0 Å². The number of fused-ring (bicyclic) bond motifs is 1. The molecular weight excluding hydrogens is 376 g/mol. The van der Waals surface area contributed by atoms with E-state index in [4.69, 9.17) is 0 Å². The highest BCUT2D eigenvalue weighted by molar-refractivity contribution is 6.80. The van der Waals surface area contributed by atoms with E-state index in [-0.39, 0.29) is 0 Å². The predicted molar refractivity (Wildman–Crippen MR) is 135 cm³/mol. The number of hydrogen-bond acceptors (Lipinski definition) is 0. The maximum Gasteiger partial charge on any atom is 0.0550 e. The van der Waals surface area contributed by atoms with E-state index in [0.717, 1.165) is 46.6 Å².